The number of thioether (sulfide) groups is 1. The van der Waals surface area contributed by atoms with Crippen LogP contribution in [0.25, 0.3) is 0 Å². The molecular formula is C14H11F4N3O4S. The van der Waals surface area contributed by atoms with Crippen LogP contribution in [0.2, 0.25) is 0 Å². The first-order chi connectivity index (χ1) is 12.2. The second-order valence-corrected chi connectivity index (χ2v) is 6.07. The molecule has 140 valence electrons. The quantitative estimate of drug-likeness (QED) is 0.421. The standard InChI is InChI=1S/C14H11F4N3O4S/c15-12(16)14(17,18)25-8-3-1-2-7(4-8)6-19-21-13-20-11(24)9(26-13)5-10(22)23/h1-4,6,9,12H,5H2,(H,22,23)(H,20,21,24)/b19-6-/t9-/m1/s1. The van der Waals surface area contributed by atoms with Crippen LogP contribution in [0.5, 0.6) is 5.75 Å². The normalized spacial score (nSPS) is 19.3. The second kappa shape index (κ2) is 8.17. The molecule has 1 heterocycles. The lowest BCUT2D eigenvalue weighted by molar-refractivity contribution is -0.253. The van der Waals surface area contributed by atoms with Gasteiger partial charge in [-0.15, -0.1) is 5.10 Å². The number of aliphatic carboxylic acids is 1. The highest BCUT2D eigenvalue weighted by molar-refractivity contribution is 8.15. The van der Waals surface area contributed by atoms with Gasteiger partial charge in [-0.2, -0.15) is 22.7 Å². The number of nitrogens with zero attached hydrogens (tertiary/aromatic N) is 2. The summed E-state index contributed by atoms with van der Waals surface area (Å²) in [5, 5.41) is 17.6. The fraction of sp³-hybridized carbons (Fsp3) is 0.286. The lowest BCUT2D eigenvalue weighted by atomic mass is 10.2. The molecule has 12 heteroatoms. The molecule has 7 nitrogen and oxygen atoms in total. The van der Waals surface area contributed by atoms with Crippen molar-refractivity contribution in [1.82, 2.24) is 5.32 Å². The van der Waals surface area contributed by atoms with Crippen LogP contribution >= 0.6 is 11.8 Å². The van der Waals surface area contributed by atoms with Gasteiger partial charge in [0.15, 0.2) is 5.17 Å². The molecule has 0 saturated carbocycles. The molecule has 2 rings (SSSR count). The third kappa shape index (κ3) is 5.44. The molecule has 1 fully saturated rings. The van der Waals surface area contributed by atoms with Crippen molar-refractivity contribution in [2.24, 2.45) is 10.2 Å². The van der Waals surface area contributed by atoms with Crippen LogP contribution in [0.4, 0.5) is 17.6 Å². The minimum atomic E-state index is -4.63. The topological polar surface area (TPSA) is 100 Å². The lowest BCUT2D eigenvalue weighted by Gasteiger charge is -2.16. The Hall–Kier alpha value is -2.63. The first kappa shape index (κ1) is 19.7. The summed E-state index contributed by atoms with van der Waals surface area (Å²) in [7, 11) is 0. The van der Waals surface area contributed by atoms with E-state index in [2.05, 4.69) is 20.3 Å². The molecular weight excluding hydrogens is 382 g/mol. The van der Waals surface area contributed by atoms with Crippen molar-refractivity contribution in [3.05, 3.63) is 29.8 Å². The number of amidine groups is 1. The average molecular weight is 393 g/mol. The summed E-state index contributed by atoms with van der Waals surface area (Å²) in [6, 6.07) is 4.85. The van der Waals surface area contributed by atoms with Crippen molar-refractivity contribution >= 4 is 35.0 Å². The number of carbonyl (C=O) groups excluding carboxylic acids is 1. The Balaban J connectivity index is 2.02. The highest BCUT2D eigenvalue weighted by Crippen LogP contribution is 2.27. The Morgan fingerprint density at radius 2 is 2.19 bits per heavy atom. The Morgan fingerprint density at radius 3 is 2.85 bits per heavy atom. The molecule has 1 atom stereocenters. The second-order valence-electron chi connectivity index (χ2n) is 4.88. The summed E-state index contributed by atoms with van der Waals surface area (Å²) < 4.78 is 53.9. The van der Waals surface area contributed by atoms with Crippen molar-refractivity contribution < 1.29 is 37.0 Å². The number of amides is 1. The number of carboxylic acid groups (broad SMARTS) is 1. The van der Waals surface area contributed by atoms with E-state index < -0.39 is 35.4 Å². The first-order valence-corrected chi connectivity index (χ1v) is 7.80. The smallest absolute Gasteiger partial charge is 0.461 e. The van der Waals surface area contributed by atoms with Gasteiger partial charge in [-0.3, -0.25) is 9.59 Å². The van der Waals surface area contributed by atoms with E-state index in [1.54, 1.807) is 0 Å². The van der Waals surface area contributed by atoms with Gasteiger partial charge >= 0.3 is 18.5 Å². The van der Waals surface area contributed by atoms with E-state index in [0.29, 0.717) is 0 Å². The molecule has 0 aliphatic carbocycles. The molecule has 1 aromatic rings. The Kier molecular flexibility index (Phi) is 6.18. The first-order valence-electron chi connectivity index (χ1n) is 6.93. The van der Waals surface area contributed by atoms with Gasteiger partial charge in [0, 0.05) is 0 Å². The number of carbonyl (C=O) groups is 2. The monoisotopic (exact) mass is 393 g/mol. The average Bonchev–Trinajstić information content (AvgIpc) is 2.86. The predicted molar refractivity (Wildman–Crippen MR) is 84.8 cm³/mol. The van der Waals surface area contributed by atoms with Crippen LogP contribution in [-0.4, -0.2) is 46.1 Å². The Bertz CT molecular complexity index is 757. The molecule has 0 unspecified atom stereocenters. The van der Waals surface area contributed by atoms with Crippen molar-refractivity contribution in [1.29, 1.82) is 0 Å². The number of hydrogen-bond donors (Lipinski definition) is 2. The summed E-state index contributed by atoms with van der Waals surface area (Å²) in [6.07, 6.45) is -7.86. The van der Waals surface area contributed by atoms with E-state index in [0.717, 1.165) is 30.1 Å². The van der Waals surface area contributed by atoms with Crippen molar-refractivity contribution in [2.45, 2.75) is 24.2 Å². The Labute approximate surface area is 148 Å². The fourth-order valence-electron chi connectivity index (χ4n) is 1.75. The molecule has 1 saturated heterocycles. The van der Waals surface area contributed by atoms with E-state index >= 15 is 0 Å². The summed E-state index contributed by atoms with van der Waals surface area (Å²) in [5.41, 5.74) is 0.230. The Morgan fingerprint density at radius 1 is 1.46 bits per heavy atom. The number of carboxylic acids is 1. The van der Waals surface area contributed by atoms with Crippen LogP contribution in [0.3, 0.4) is 0 Å². The maximum Gasteiger partial charge on any atom is 0.461 e. The van der Waals surface area contributed by atoms with Gasteiger partial charge < -0.3 is 15.2 Å². The SMILES string of the molecule is O=C(O)C[C@H]1S/C(=N\N=C/c2cccc(OC(F)(F)C(F)F)c2)NC1=O. The summed E-state index contributed by atoms with van der Waals surface area (Å²) in [4.78, 5) is 22.1. The van der Waals surface area contributed by atoms with Gasteiger partial charge in [-0.1, -0.05) is 23.9 Å². The zero-order valence-corrected chi connectivity index (χ0v) is 13.6. The number of benzene rings is 1. The highest BCUT2D eigenvalue weighted by atomic mass is 32.2. The third-order valence-electron chi connectivity index (χ3n) is 2.86. The molecule has 0 spiro atoms. The number of halogens is 4. The van der Waals surface area contributed by atoms with E-state index in [1.807, 2.05) is 0 Å². The summed E-state index contributed by atoms with van der Waals surface area (Å²) in [6.45, 7) is 0. The molecule has 26 heavy (non-hydrogen) atoms. The van der Waals surface area contributed by atoms with Crippen molar-refractivity contribution in [3.63, 3.8) is 0 Å². The van der Waals surface area contributed by atoms with Crippen LogP contribution in [-0.2, 0) is 9.59 Å². The van der Waals surface area contributed by atoms with E-state index in [4.69, 9.17) is 5.11 Å². The molecule has 1 amide bonds. The number of rotatable bonds is 7. The lowest BCUT2D eigenvalue weighted by Crippen LogP contribution is -2.33. The maximum atomic E-state index is 12.9. The van der Waals surface area contributed by atoms with Crippen molar-refractivity contribution in [2.75, 3.05) is 0 Å². The number of ether oxygens (including phenoxy) is 1. The molecule has 0 bridgehead atoms. The largest absolute Gasteiger partial charge is 0.481 e. The number of nitrogens with one attached hydrogen (secondary N) is 1. The third-order valence-corrected chi connectivity index (χ3v) is 3.93. The number of hydrogen-bond acceptors (Lipinski definition) is 6. The van der Waals surface area contributed by atoms with E-state index in [9.17, 15) is 27.2 Å². The van der Waals surface area contributed by atoms with E-state index in [-0.39, 0.29) is 17.2 Å². The van der Waals surface area contributed by atoms with Gasteiger partial charge in [-0.25, -0.2) is 0 Å². The van der Waals surface area contributed by atoms with Gasteiger partial charge in [0.05, 0.1) is 12.6 Å². The molecule has 1 aliphatic heterocycles. The van der Waals surface area contributed by atoms with Crippen LogP contribution in [0.15, 0.2) is 34.5 Å². The molecule has 1 aromatic carbocycles. The van der Waals surface area contributed by atoms with Gasteiger partial charge in [0.2, 0.25) is 5.91 Å². The zero-order chi connectivity index (χ0) is 19.3. The minimum Gasteiger partial charge on any atom is -0.481 e. The zero-order valence-electron chi connectivity index (χ0n) is 12.7. The molecule has 0 aromatic heterocycles. The maximum absolute atomic E-state index is 12.9. The predicted octanol–water partition coefficient (Wildman–Crippen LogP) is 2.32. The van der Waals surface area contributed by atoms with Crippen LogP contribution < -0.4 is 10.1 Å². The molecule has 2 N–H and O–H groups in total. The van der Waals surface area contributed by atoms with E-state index in [1.165, 1.54) is 12.1 Å². The molecule has 1 aliphatic rings. The number of alkyl halides is 4. The summed E-state index contributed by atoms with van der Waals surface area (Å²) >= 11 is 0.884. The van der Waals surface area contributed by atoms with Gasteiger partial charge in [0.25, 0.3) is 0 Å². The van der Waals surface area contributed by atoms with Crippen LogP contribution in [0, 0.1) is 0 Å². The summed E-state index contributed by atoms with van der Waals surface area (Å²) in [5.74, 6) is -2.15. The van der Waals surface area contributed by atoms with Gasteiger partial charge in [-0.05, 0) is 17.7 Å². The fourth-order valence-corrected chi connectivity index (χ4v) is 2.67. The van der Waals surface area contributed by atoms with Crippen molar-refractivity contribution in [3.8, 4) is 5.75 Å². The minimum absolute atomic E-state index is 0.0779. The molecule has 0 radical (unpaired) electrons. The van der Waals surface area contributed by atoms with Crippen LogP contribution in [0.1, 0.15) is 12.0 Å². The van der Waals surface area contributed by atoms with Gasteiger partial charge in [0.1, 0.15) is 11.0 Å². The highest BCUT2D eigenvalue weighted by Gasteiger charge is 2.43.